The molecule has 1 fully saturated rings. The van der Waals surface area contributed by atoms with Crippen LogP contribution in [0.3, 0.4) is 0 Å². The molecule has 1 N–H and O–H groups in total. The van der Waals surface area contributed by atoms with Crippen LogP contribution < -0.4 is 5.32 Å². The Kier molecular flexibility index (Phi) is 4.12. The highest BCUT2D eigenvalue weighted by atomic mass is 32.2. The Morgan fingerprint density at radius 1 is 1.00 bits per heavy atom. The number of nitrogens with one attached hydrogen (secondary N) is 1. The van der Waals surface area contributed by atoms with E-state index < -0.39 is 9.84 Å². The fourth-order valence-corrected chi connectivity index (χ4v) is 5.36. The molecule has 0 spiro atoms. The van der Waals surface area contributed by atoms with Gasteiger partial charge in [-0.2, -0.15) is 0 Å². The molecule has 4 rings (SSSR count). The van der Waals surface area contributed by atoms with E-state index in [1.54, 1.807) is 0 Å². The van der Waals surface area contributed by atoms with Crippen LogP contribution in [-0.4, -0.2) is 37.9 Å². The highest BCUT2D eigenvalue weighted by molar-refractivity contribution is 7.91. The van der Waals surface area contributed by atoms with Gasteiger partial charge in [0.2, 0.25) is 0 Å². The Balaban J connectivity index is 1.61. The summed E-state index contributed by atoms with van der Waals surface area (Å²) in [5, 5.41) is 3.60. The van der Waals surface area contributed by atoms with Gasteiger partial charge < -0.3 is 5.32 Å². The van der Waals surface area contributed by atoms with E-state index in [2.05, 4.69) is 67.4 Å². The van der Waals surface area contributed by atoms with Crippen LogP contribution in [0.15, 0.2) is 36.4 Å². The van der Waals surface area contributed by atoms with E-state index in [0.29, 0.717) is 13.1 Å². The van der Waals surface area contributed by atoms with E-state index >= 15 is 0 Å². The molecule has 2 heterocycles. The zero-order valence-electron chi connectivity index (χ0n) is 15.7. The maximum absolute atomic E-state index is 11.6. The number of hydrogen-bond acceptors (Lipinski definition) is 4. The van der Waals surface area contributed by atoms with E-state index in [1.165, 1.54) is 27.9 Å². The van der Waals surface area contributed by atoms with Crippen molar-refractivity contribution in [1.82, 2.24) is 4.90 Å². The Hall–Kier alpha value is -1.85. The van der Waals surface area contributed by atoms with Crippen LogP contribution in [0.1, 0.15) is 36.1 Å². The first kappa shape index (κ1) is 17.6. The van der Waals surface area contributed by atoms with Gasteiger partial charge in [0.25, 0.3) is 0 Å². The van der Waals surface area contributed by atoms with Gasteiger partial charge in [0.05, 0.1) is 11.5 Å². The monoisotopic (exact) mass is 370 g/mol. The largest absolute Gasteiger partial charge is 0.355 e. The number of benzene rings is 2. The van der Waals surface area contributed by atoms with E-state index in [9.17, 15) is 8.42 Å². The summed E-state index contributed by atoms with van der Waals surface area (Å²) in [5.41, 5.74) is 7.43. The number of hydrogen-bond donors (Lipinski definition) is 1. The van der Waals surface area contributed by atoms with E-state index in [4.69, 9.17) is 0 Å². The molecule has 0 saturated carbocycles. The highest BCUT2D eigenvalue weighted by Gasteiger charge is 2.32. The number of sulfone groups is 1. The molecule has 0 radical (unpaired) electrons. The molecule has 5 heteroatoms. The second-order valence-corrected chi connectivity index (χ2v) is 10.4. The number of fused-ring (bicyclic) bond motifs is 2. The molecular formula is C21H26N2O2S. The number of rotatable bonds is 2. The molecule has 0 bridgehead atoms. The fraction of sp³-hybridized carbons (Fsp3) is 0.429. The maximum atomic E-state index is 11.6. The van der Waals surface area contributed by atoms with Crippen LogP contribution in [0.5, 0.6) is 0 Å². The first-order chi connectivity index (χ1) is 12.2. The van der Waals surface area contributed by atoms with E-state index in [0.717, 1.165) is 12.2 Å². The molecule has 0 aliphatic carbocycles. The van der Waals surface area contributed by atoms with E-state index in [-0.39, 0.29) is 16.9 Å². The third-order valence-electron chi connectivity index (χ3n) is 5.72. The molecule has 2 aromatic rings. The number of aryl methyl sites for hydroxylation is 1. The molecule has 138 valence electrons. The molecule has 2 aliphatic rings. The van der Waals surface area contributed by atoms with Crippen molar-refractivity contribution in [3.05, 3.63) is 58.7 Å². The van der Waals surface area contributed by atoms with Gasteiger partial charge in [0.1, 0.15) is 0 Å². The second kappa shape index (κ2) is 6.10. The van der Waals surface area contributed by atoms with E-state index in [1.807, 2.05) is 0 Å². The predicted molar refractivity (Wildman–Crippen MR) is 107 cm³/mol. The smallest absolute Gasteiger partial charge is 0.152 e. The minimum Gasteiger partial charge on any atom is -0.355 e. The third-order valence-corrected chi connectivity index (χ3v) is 7.33. The molecule has 2 aliphatic heterocycles. The average Bonchev–Trinajstić information content (AvgIpc) is 2.58. The van der Waals surface area contributed by atoms with Crippen molar-refractivity contribution in [1.29, 1.82) is 0 Å². The third kappa shape index (κ3) is 3.14. The van der Waals surface area contributed by atoms with Gasteiger partial charge in [-0.15, -0.1) is 0 Å². The topological polar surface area (TPSA) is 49.4 Å². The number of anilines is 2. The Morgan fingerprint density at radius 3 is 2.46 bits per heavy atom. The lowest BCUT2D eigenvalue weighted by Gasteiger charge is -2.36. The SMILES string of the molecule is Cc1ccc2c(c1)C(C)(C)c1ccc(CN3CCS(=O)(=O)CC3)cc1N2. The van der Waals surface area contributed by atoms with Crippen molar-refractivity contribution in [3.63, 3.8) is 0 Å². The summed E-state index contributed by atoms with van der Waals surface area (Å²) in [4.78, 5) is 2.23. The Bertz CT molecular complexity index is 950. The summed E-state index contributed by atoms with van der Waals surface area (Å²) in [5.74, 6) is 0.548. The van der Waals surface area contributed by atoms with Gasteiger partial charge in [-0.05, 0) is 35.7 Å². The molecular weight excluding hydrogens is 344 g/mol. The zero-order chi connectivity index (χ0) is 18.5. The molecule has 0 unspecified atom stereocenters. The first-order valence-electron chi connectivity index (χ1n) is 9.19. The predicted octanol–water partition coefficient (Wildman–Crippen LogP) is 3.61. The molecule has 0 atom stereocenters. The zero-order valence-corrected chi connectivity index (χ0v) is 16.5. The van der Waals surface area contributed by atoms with Crippen LogP contribution in [0.4, 0.5) is 11.4 Å². The molecule has 1 saturated heterocycles. The molecule has 2 aromatic carbocycles. The lowest BCUT2D eigenvalue weighted by atomic mass is 9.73. The number of nitrogens with zero attached hydrogens (tertiary/aromatic N) is 1. The van der Waals surface area contributed by atoms with Crippen molar-refractivity contribution in [2.24, 2.45) is 0 Å². The Labute approximate surface area is 156 Å². The summed E-state index contributed by atoms with van der Waals surface area (Å²) >= 11 is 0. The van der Waals surface area contributed by atoms with Crippen LogP contribution in [0, 0.1) is 6.92 Å². The quantitative estimate of drug-likeness (QED) is 0.877. The normalized spacial score (nSPS) is 20.7. The minimum absolute atomic E-state index is 0.0420. The average molecular weight is 371 g/mol. The molecule has 0 aromatic heterocycles. The summed E-state index contributed by atoms with van der Waals surface area (Å²) in [6.45, 7) is 8.74. The summed E-state index contributed by atoms with van der Waals surface area (Å²) in [7, 11) is -2.83. The summed E-state index contributed by atoms with van der Waals surface area (Å²) in [6.07, 6.45) is 0. The van der Waals surface area contributed by atoms with Crippen molar-refractivity contribution in [2.75, 3.05) is 29.9 Å². The lowest BCUT2D eigenvalue weighted by molar-refractivity contribution is 0.287. The van der Waals surface area contributed by atoms with Crippen LogP contribution in [0.25, 0.3) is 0 Å². The summed E-state index contributed by atoms with van der Waals surface area (Å²) < 4.78 is 23.2. The fourth-order valence-electron chi connectivity index (χ4n) is 4.08. The van der Waals surface area contributed by atoms with Gasteiger partial charge >= 0.3 is 0 Å². The van der Waals surface area contributed by atoms with Gasteiger partial charge in [-0.3, -0.25) is 4.90 Å². The lowest BCUT2D eigenvalue weighted by Crippen LogP contribution is -2.39. The Morgan fingerprint density at radius 2 is 1.73 bits per heavy atom. The van der Waals surface area contributed by atoms with Gasteiger partial charge in [0, 0.05) is 36.4 Å². The first-order valence-corrected chi connectivity index (χ1v) is 11.0. The molecule has 26 heavy (non-hydrogen) atoms. The van der Waals surface area contributed by atoms with Crippen molar-refractivity contribution in [2.45, 2.75) is 32.7 Å². The van der Waals surface area contributed by atoms with Crippen molar-refractivity contribution >= 4 is 21.2 Å². The van der Waals surface area contributed by atoms with Crippen LogP contribution in [-0.2, 0) is 21.8 Å². The second-order valence-electron chi connectivity index (χ2n) is 8.11. The maximum Gasteiger partial charge on any atom is 0.152 e. The summed E-state index contributed by atoms with van der Waals surface area (Å²) in [6, 6.07) is 13.2. The van der Waals surface area contributed by atoms with Crippen molar-refractivity contribution < 1.29 is 8.42 Å². The van der Waals surface area contributed by atoms with Crippen LogP contribution in [0.2, 0.25) is 0 Å². The van der Waals surface area contributed by atoms with Crippen molar-refractivity contribution in [3.8, 4) is 0 Å². The molecule has 0 amide bonds. The highest BCUT2D eigenvalue weighted by Crippen LogP contribution is 2.45. The van der Waals surface area contributed by atoms with Gasteiger partial charge in [0.15, 0.2) is 9.84 Å². The van der Waals surface area contributed by atoms with Gasteiger partial charge in [-0.1, -0.05) is 43.7 Å². The minimum atomic E-state index is -2.83. The van der Waals surface area contributed by atoms with Gasteiger partial charge in [-0.25, -0.2) is 8.42 Å². The van der Waals surface area contributed by atoms with Crippen LogP contribution >= 0.6 is 0 Å². The standard InChI is InChI=1S/C21H26N2O2S/c1-15-4-7-19-18(12-15)21(2,3)17-6-5-16(13-20(17)22-19)14-23-8-10-26(24,25)11-9-23/h4-7,12-13,22H,8-11,14H2,1-3H3. The molecule has 4 nitrogen and oxygen atoms in total.